The molecule has 0 radical (unpaired) electrons. The van der Waals surface area contributed by atoms with Crippen molar-refractivity contribution in [1.82, 2.24) is 15.3 Å². The molecule has 2 heterocycles. The second-order valence-corrected chi connectivity index (χ2v) is 6.85. The molecule has 27 heavy (non-hydrogen) atoms. The Morgan fingerprint density at radius 1 is 1.37 bits per heavy atom. The van der Waals surface area contributed by atoms with Crippen LogP contribution in [0.25, 0.3) is 10.9 Å². The van der Waals surface area contributed by atoms with Gasteiger partial charge in [0.1, 0.15) is 5.82 Å². The van der Waals surface area contributed by atoms with Crippen molar-refractivity contribution in [3.8, 4) is 5.75 Å². The number of nitrogens with one attached hydrogen (secondary N) is 3. The predicted octanol–water partition coefficient (Wildman–Crippen LogP) is 2.88. The van der Waals surface area contributed by atoms with Gasteiger partial charge in [-0.3, -0.25) is 9.59 Å². The molecule has 0 saturated heterocycles. The summed E-state index contributed by atoms with van der Waals surface area (Å²) in [4.78, 5) is 30.3. The molecule has 3 aromatic rings. The molecule has 6 nitrogen and oxygen atoms in total. The highest BCUT2D eigenvalue weighted by molar-refractivity contribution is 5.86. The zero-order valence-electron chi connectivity index (χ0n) is 14.9. The van der Waals surface area contributed by atoms with Gasteiger partial charge in [-0.05, 0) is 49.9 Å². The third kappa shape index (κ3) is 3.45. The molecular formula is C20H20FN3O3. The molecule has 0 aliphatic heterocycles. The smallest absolute Gasteiger partial charge is 0.258 e. The van der Waals surface area contributed by atoms with Crippen LogP contribution in [0.3, 0.4) is 0 Å². The van der Waals surface area contributed by atoms with Crippen molar-refractivity contribution < 1.29 is 13.9 Å². The average Bonchev–Trinajstić information content (AvgIpc) is 3.00. The second-order valence-electron chi connectivity index (χ2n) is 6.85. The number of rotatable bonds is 4. The third-order valence-corrected chi connectivity index (χ3v) is 4.88. The highest BCUT2D eigenvalue weighted by Crippen LogP contribution is 2.34. The first kappa shape index (κ1) is 17.3. The SMILES string of the molecule is Cc1cc(=O)c(OCC(=O)N[C@H]2CCCc3c2[nH]c2ccc(F)cc32)c[nH]1. The van der Waals surface area contributed by atoms with Crippen molar-refractivity contribution in [2.24, 2.45) is 0 Å². The van der Waals surface area contributed by atoms with Gasteiger partial charge < -0.3 is 20.0 Å². The van der Waals surface area contributed by atoms with Crippen LogP contribution >= 0.6 is 0 Å². The van der Waals surface area contributed by atoms with Crippen molar-refractivity contribution >= 4 is 16.8 Å². The van der Waals surface area contributed by atoms with Crippen LogP contribution in [0.4, 0.5) is 4.39 Å². The standard InChI is InChI=1S/C20H20FN3O3/c1-11-7-17(25)18(9-22-11)27-10-19(26)23-16-4-2-3-13-14-8-12(21)5-6-15(14)24-20(13)16/h5-9,16,24H,2-4,10H2,1H3,(H,22,25)(H,23,26)/t16-/m0/s1. The quantitative estimate of drug-likeness (QED) is 0.661. The lowest BCUT2D eigenvalue weighted by Gasteiger charge is -2.23. The molecular weight excluding hydrogens is 349 g/mol. The maximum atomic E-state index is 13.6. The lowest BCUT2D eigenvalue weighted by Crippen LogP contribution is -2.34. The van der Waals surface area contributed by atoms with E-state index in [9.17, 15) is 14.0 Å². The number of ether oxygens (including phenoxy) is 1. The number of H-pyrrole nitrogens is 2. The Labute approximate surface area is 154 Å². The number of amides is 1. The van der Waals surface area contributed by atoms with E-state index in [1.54, 1.807) is 13.0 Å². The van der Waals surface area contributed by atoms with Crippen LogP contribution in [0, 0.1) is 12.7 Å². The third-order valence-electron chi connectivity index (χ3n) is 4.88. The first-order valence-electron chi connectivity index (χ1n) is 8.93. The van der Waals surface area contributed by atoms with E-state index in [1.807, 2.05) is 0 Å². The maximum Gasteiger partial charge on any atom is 0.258 e. The van der Waals surface area contributed by atoms with Gasteiger partial charge in [-0.1, -0.05) is 0 Å². The number of pyridine rings is 1. The van der Waals surface area contributed by atoms with Crippen LogP contribution in [-0.2, 0) is 11.2 Å². The molecule has 0 bridgehead atoms. The van der Waals surface area contributed by atoms with Crippen LogP contribution in [0.1, 0.15) is 35.8 Å². The molecule has 0 spiro atoms. The van der Waals surface area contributed by atoms with E-state index < -0.39 is 0 Å². The highest BCUT2D eigenvalue weighted by atomic mass is 19.1. The van der Waals surface area contributed by atoms with Gasteiger partial charge in [0.25, 0.3) is 5.91 Å². The molecule has 1 aromatic carbocycles. The van der Waals surface area contributed by atoms with Gasteiger partial charge >= 0.3 is 0 Å². The molecule has 0 fully saturated rings. The molecule has 1 amide bonds. The molecule has 0 unspecified atom stereocenters. The second kappa shape index (κ2) is 6.90. The van der Waals surface area contributed by atoms with Crippen LogP contribution in [0.5, 0.6) is 5.75 Å². The number of carbonyl (C=O) groups excluding carboxylic acids is 1. The zero-order chi connectivity index (χ0) is 19.0. The van der Waals surface area contributed by atoms with Crippen molar-refractivity contribution in [2.45, 2.75) is 32.2 Å². The van der Waals surface area contributed by atoms with Crippen molar-refractivity contribution in [1.29, 1.82) is 0 Å². The van der Waals surface area contributed by atoms with Gasteiger partial charge in [0.15, 0.2) is 12.4 Å². The van der Waals surface area contributed by atoms with Gasteiger partial charge in [0.05, 0.1) is 6.04 Å². The fourth-order valence-corrected chi connectivity index (χ4v) is 3.63. The van der Waals surface area contributed by atoms with Gasteiger partial charge in [0, 0.05) is 34.6 Å². The number of benzene rings is 1. The van der Waals surface area contributed by atoms with Crippen LogP contribution < -0.4 is 15.5 Å². The minimum absolute atomic E-state index is 0.112. The molecule has 1 aliphatic rings. The minimum atomic E-state index is -0.308. The summed E-state index contributed by atoms with van der Waals surface area (Å²) < 4.78 is 18.9. The summed E-state index contributed by atoms with van der Waals surface area (Å²) in [7, 11) is 0. The lowest BCUT2D eigenvalue weighted by atomic mass is 9.91. The fourth-order valence-electron chi connectivity index (χ4n) is 3.63. The summed E-state index contributed by atoms with van der Waals surface area (Å²) in [5.41, 5.74) is 3.30. The number of fused-ring (bicyclic) bond motifs is 3. The summed E-state index contributed by atoms with van der Waals surface area (Å²) in [6.07, 6.45) is 4.00. The van der Waals surface area contributed by atoms with Crippen molar-refractivity contribution in [3.05, 3.63) is 63.5 Å². The molecule has 7 heteroatoms. The molecule has 2 aromatic heterocycles. The Balaban J connectivity index is 1.48. The Morgan fingerprint density at radius 2 is 2.22 bits per heavy atom. The van der Waals surface area contributed by atoms with Crippen molar-refractivity contribution in [2.75, 3.05) is 6.61 Å². The number of halogens is 1. The van der Waals surface area contributed by atoms with E-state index in [1.165, 1.54) is 24.4 Å². The van der Waals surface area contributed by atoms with Gasteiger partial charge in [0.2, 0.25) is 5.43 Å². The van der Waals surface area contributed by atoms with E-state index in [-0.39, 0.29) is 35.6 Å². The summed E-state index contributed by atoms with van der Waals surface area (Å²) in [6, 6.07) is 5.90. The number of hydrogen-bond acceptors (Lipinski definition) is 3. The summed E-state index contributed by atoms with van der Waals surface area (Å²) >= 11 is 0. The van der Waals surface area contributed by atoms with Crippen molar-refractivity contribution in [3.63, 3.8) is 0 Å². The Kier molecular flexibility index (Phi) is 4.43. The maximum absolute atomic E-state index is 13.6. The highest BCUT2D eigenvalue weighted by Gasteiger charge is 2.25. The van der Waals surface area contributed by atoms with Crippen LogP contribution in [-0.4, -0.2) is 22.5 Å². The fraction of sp³-hybridized carbons (Fsp3) is 0.300. The lowest BCUT2D eigenvalue weighted by molar-refractivity contribution is -0.124. The van der Waals surface area contributed by atoms with Gasteiger partial charge in [-0.25, -0.2) is 4.39 Å². The number of aromatic nitrogens is 2. The molecule has 4 rings (SSSR count). The first-order chi connectivity index (χ1) is 13.0. The summed E-state index contributed by atoms with van der Waals surface area (Å²) in [5, 5.41) is 3.82. The monoisotopic (exact) mass is 369 g/mol. The number of aryl methyl sites for hydroxylation is 2. The Morgan fingerprint density at radius 3 is 3.04 bits per heavy atom. The van der Waals surface area contributed by atoms with E-state index in [4.69, 9.17) is 4.74 Å². The first-order valence-corrected chi connectivity index (χ1v) is 8.93. The van der Waals surface area contributed by atoms with E-state index in [2.05, 4.69) is 15.3 Å². The summed E-state index contributed by atoms with van der Waals surface area (Å²) in [6.45, 7) is 1.53. The van der Waals surface area contributed by atoms with Crippen LogP contribution in [0.2, 0.25) is 0 Å². The van der Waals surface area contributed by atoms with Crippen LogP contribution in [0.15, 0.2) is 35.3 Å². The van der Waals surface area contributed by atoms with Gasteiger partial charge in [-0.2, -0.15) is 0 Å². The zero-order valence-corrected chi connectivity index (χ0v) is 14.9. The topological polar surface area (TPSA) is 87.0 Å². The van der Waals surface area contributed by atoms with E-state index >= 15 is 0 Å². The number of hydrogen-bond donors (Lipinski definition) is 3. The normalized spacial score (nSPS) is 16.1. The minimum Gasteiger partial charge on any atom is -0.478 e. The molecule has 0 saturated carbocycles. The molecule has 1 atom stereocenters. The number of carbonyl (C=O) groups is 1. The molecule has 140 valence electrons. The largest absolute Gasteiger partial charge is 0.478 e. The molecule has 3 N–H and O–H groups in total. The van der Waals surface area contributed by atoms with Gasteiger partial charge in [-0.15, -0.1) is 0 Å². The predicted molar refractivity (Wildman–Crippen MR) is 99.4 cm³/mol. The Bertz CT molecular complexity index is 1070. The average molecular weight is 369 g/mol. The van der Waals surface area contributed by atoms with E-state index in [0.717, 1.165) is 47.1 Å². The van der Waals surface area contributed by atoms with E-state index in [0.29, 0.717) is 0 Å². The Hall–Kier alpha value is -3.09. The number of aromatic amines is 2. The summed E-state index contributed by atoms with van der Waals surface area (Å²) in [5.74, 6) is -0.467. The molecule has 1 aliphatic carbocycles.